The van der Waals surface area contributed by atoms with Crippen molar-refractivity contribution in [1.29, 1.82) is 0 Å². The van der Waals surface area contributed by atoms with Gasteiger partial charge in [0.15, 0.2) is 5.78 Å². The predicted octanol–water partition coefficient (Wildman–Crippen LogP) is 1.19. The number of benzene rings is 1. The number of non-ortho nitro benzene ring substituents is 1. The van der Waals surface area contributed by atoms with Crippen LogP contribution >= 0.6 is 0 Å². The van der Waals surface area contributed by atoms with Crippen LogP contribution in [0.15, 0.2) is 24.3 Å². The highest BCUT2D eigenvalue weighted by Crippen LogP contribution is 2.14. The molecule has 0 aromatic heterocycles. The molecule has 90 valence electrons. The van der Waals surface area contributed by atoms with Crippen LogP contribution in [-0.2, 0) is 9.47 Å². The Hall–Kier alpha value is -1.79. The van der Waals surface area contributed by atoms with E-state index in [1.54, 1.807) is 0 Å². The van der Waals surface area contributed by atoms with Crippen molar-refractivity contribution < 1.29 is 19.2 Å². The number of nitro benzene ring substituents is 1. The fourth-order valence-electron chi connectivity index (χ4n) is 1.38. The lowest BCUT2D eigenvalue weighted by molar-refractivity contribution is -0.384. The van der Waals surface area contributed by atoms with Crippen molar-refractivity contribution in [3.05, 3.63) is 39.9 Å². The number of rotatable bonds is 5. The number of Topliss-reactive ketones (excluding diaryl/α,β-unsaturated/α-hetero) is 1. The Kier molecular flexibility index (Phi) is 3.46. The van der Waals surface area contributed by atoms with Gasteiger partial charge in [-0.3, -0.25) is 14.9 Å². The van der Waals surface area contributed by atoms with Crippen molar-refractivity contribution in [2.24, 2.45) is 0 Å². The van der Waals surface area contributed by atoms with Crippen molar-refractivity contribution in [2.45, 2.75) is 6.10 Å². The summed E-state index contributed by atoms with van der Waals surface area (Å²) in [6.45, 7) is 0.930. The first-order valence-corrected chi connectivity index (χ1v) is 5.14. The summed E-state index contributed by atoms with van der Waals surface area (Å²) < 4.78 is 10.1. The van der Waals surface area contributed by atoms with Gasteiger partial charge < -0.3 is 9.47 Å². The average molecular weight is 237 g/mol. The Balaban J connectivity index is 1.97. The second-order valence-corrected chi connectivity index (χ2v) is 3.70. The van der Waals surface area contributed by atoms with E-state index >= 15 is 0 Å². The highest BCUT2D eigenvalue weighted by atomic mass is 16.6. The standard InChI is InChI=1S/C11H11NO5/c13-11(7-17-10-5-16-6-10)8-2-1-3-9(4-8)12(14)15/h1-4,10H,5-7H2. The van der Waals surface area contributed by atoms with Crippen molar-refractivity contribution in [3.63, 3.8) is 0 Å². The van der Waals surface area contributed by atoms with Gasteiger partial charge in [0, 0.05) is 17.7 Å². The second kappa shape index (κ2) is 5.03. The molecule has 0 atom stereocenters. The Morgan fingerprint density at radius 1 is 1.53 bits per heavy atom. The minimum atomic E-state index is -0.530. The lowest BCUT2D eigenvalue weighted by atomic mass is 10.1. The van der Waals surface area contributed by atoms with E-state index < -0.39 is 4.92 Å². The van der Waals surface area contributed by atoms with Gasteiger partial charge in [-0.1, -0.05) is 12.1 Å². The van der Waals surface area contributed by atoms with Gasteiger partial charge in [-0.05, 0) is 0 Å². The minimum absolute atomic E-state index is 0.0300. The summed E-state index contributed by atoms with van der Waals surface area (Å²) in [6, 6.07) is 5.62. The average Bonchev–Trinajstić information content (AvgIpc) is 2.27. The second-order valence-electron chi connectivity index (χ2n) is 3.70. The van der Waals surface area contributed by atoms with E-state index in [2.05, 4.69) is 0 Å². The number of carbonyl (C=O) groups excluding carboxylic acids is 1. The first-order valence-electron chi connectivity index (χ1n) is 5.14. The largest absolute Gasteiger partial charge is 0.376 e. The fraction of sp³-hybridized carbons (Fsp3) is 0.364. The molecule has 0 unspecified atom stereocenters. The van der Waals surface area contributed by atoms with Crippen molar-refractivity contribution in [2.75, 3.05) is 19.8 Å². The number of nitro groups is 1. The molecule has 1 aromatic carbocycles. The number of carbonyl (C=O) groups is 1. The van der Waals surface area contributed by atoms with E-state index in [0.717, 1.165) is 0 Å². The Morgan fingerprint density at radius 2 is 2.29 bits per heavy atom. The maximum atomic E-state index is 11.7. The summed E-state index contributed by atoms with van der Waals surface area (Å²) >= 11 is 0. The van der Waals surface area contributed by atoms with Crippen molar-refractivity contribution in [1.82, 2.24) is 0 Å². The van der Waals surface area contributed by atoms with E-state index in [4.69, 9.17) is 9.47 Å². The molecule has 2 rings (SSSR count). The molecule has 0 radical (unpaired) electrons. The Morgan fingerprint density at radius 3 is 2.88 bits per heavy atom. The van der Waals surface area contributed by atoms with Crippen LogP contribution in [0.25, 0.3) is 0 Å². The third-order valence-corrected chi connectivity index (χ3v) is 2.44. The summed E-state index contributed by atoms with van der Waals surface area (Å²) in [5.41, 5.74) is 0.197. The van der Waals surface area contributed by atoms with E-state index in [9.17, 15) is 14.9 Å². The van der Waals surface area contributed by atoms with E-state index in [1.165, 1.54) is 24.3 Å². The molecule has 0 aliphatic carbocycles. The summed E-state index contributed by atoms with van der Waals surface area (Å²) in [4.78, 5) is 21.7. The number of ketones is 1. The molecular formula is C11H11NO5. The van der Waals surface area contributed by atoms with Gasteiger partial charge >= 0.3 is 0 Å². The number of ether oxygens (including phenoxy) is 2. The molecule has 0 spiro atoms. The van der Waals surface area contributed by atoms with Gasteiger partial charge in [0.1, 0.15) is 12.7 Å². The highest BCUT2D eigenvalue weighted by Gasteiger charge is 2.20. The monoisotopic (exact) mass is 237 g/mol. The number of hydrogen-bond donors (Lipinski definition) is 0. The normalized spacial score (nSPS) is 15.3. The van der Waals surface area contributed by atoms with Gasteiger partial charge in [0.2, 0.25) is 0 Å². The molecule has 1 fully saturated rings. The quantitative estimate of drug-likeness (QED) is 0.436. The maximum Gasteiger partial charge on any atom is 0.270 e. The van der Waals surface area contributed by atoms with Crippen LogP contribution < -0.4 is 0 Å². The summed E-state index contributed by atoms with van der Waals surface area (Å²) in [5.74, 6) is -0.263. The lowest BCUT2D eigenvalue weighted by Gasteiger charge is -2.25. The molecule has 1 aliphatic heterocycles. The van der Waals surface area contributed by atoms with Crippen LogP contribution in [0.4, 0.5) is 5.69 Å². The van der Waals surface area contributed by atoms with Crippen molar-refractivity contribution in [3.8, 4) is 0 Å². The third-order valence-electron chi connectivity index (χ3n) is 2.44. The first kappa shape index (κ1) is 11.7. The minimum Gasteiger partial charge on any atom is -0.376 e. The van der Waals surface area contributed by atoms with Crippen LogP contribution in [0.1, 0.15) is 10.4 Å². The van der Waals surface area contributed by atoms with Gasteiger partial charge in [-0.15, -0.1) is 0 Å². The Bertz CT molecular complexity index is 441. The molecular weight excluding hydrogens is 226 g/mol. The van der Waals surface area contributed by atoms with Crippen LogP contribution in [0.2, 0.25) is 0 Å². The van der Waals surface area contributed by atoms with Crippen molar-refractivity contribution >= 4 is 11.5 Å². The third kappa shape index (κ3) is 2.86. The van der Waals surface area contributed by atoms with Gasteiger partial charge in [-0.25, -0.2) is 0 Å². The summed E-state index contributed by atoms with van der Waals surface area (Å²) in [6.07, 6.45) is -0.0300. The van der Waals surface area contributed by atoms with Crippen LogP contribution in [0, 0.1) is 10.1 Å². The zero-order valence-corrected chi connectivity index (χ0v) is 9.00. The molecule has 1 saturated heterocycles. The molecule has 0 N–H and O–H groups in total. The van der Waals surface area contributed by atoms with Crippen LogP contribution in [0.3, 0.4) is 0 Å². The van der Waals surface area contributed by atoms with Crippen LogP contribution in [-0.4, -0.2) is 36.6 Å². The summed E-state index contributed by atoms with van der Waals surface area (Å²) in [7, 11) is 0. The molecule has 1 aromatic rings. The predicted molar refractivity (Wildman–Crippen MR) is 58.0 cm³/mol. The Labute approximate surface area is 97.3 Å². The molecule has 0 bridgehead atoms. The molecule has 6 nitrogen and oxygen atoms in total. The first-order chi connectivity index (χ1) is 8.16. The summed E-state index contributed by atoms with van der Waals surface area (Å²) in [5, 5.41) is 10.5. The van der Waals surface area contributed by atoms with E-state index in [1.807, 2.05) is 0 Å². The topological polar surface area (TPSA) is 78.7 Å². The molecule has 17 heavy (non-hydrogen) atoms. The SMILES string of the molecule is O=C(COC1COC1)c1cccc([N+](=O)[O-])c1. The smallest absolute Gasteiger partial charge is 0.270 e. The van der Waals surface area contributed by atoms with Gasteiger partial charge in [0.25, 0.3) is 5.69 Å². The van der Waals surface area contributed by atoms with Gasteiger partial charge in [0.05, 0.1) is 18.1 Å². The van der Waals surface area contributed by atoms with E-state index in [0.29, 0.717) is 18.8 Å². The van der Waals surface area contributed by atoms with Crippen LogP contribution in [0.5, 0.6) is 0 Å². The molecule has 0 amide bonds. The maximum absolute atomic E-state index is 11.7. The fourth-order valence-corrected chi connectivity index (χ4v) is 1.38. The number of hydrogen-bond acceptors (Lipinski definition) is 5. The number of nitrogens with zero attached hydrogens (tertiary/aromatic N) is 1. The zero-order valence-electron chi connectivity index (χ0n) is 9.00. The molecule has 1 heterocycles. The van der Waals surface area contributed by atoms with Gasteiger partial charge in [-0.2, -0.15) is 0 Å². The highest BCUT2D eigenvalue weighted by molar-refractivity contribution is 5.97. The zero-order chi connectivity index (χ0) is 12.3. The molecule has 0 saturated carbocycles. The molecule has 6 heteroatoms. The van der Waals surface area contributed by atoms with E-state index in [-0.39, 0.29) is 24.2 Å². The lowest BCUT2D eigenvalue weighted by Crippen LogP contribution is -2.37. The molecule has 1 aliphatic rings.